The molecule has 0 aliphatic rings. The average molecular weight is 349 g/mol. The molecule has 7 heteroatoms. The molecule has 0 spiro atoms. The molecule has 24 heavy (non-hydrogen) atoms. The third-order valence-electron chi connectivity index (χ3n) is 3.28. The maximum Gasteiger partial charge on any atom is 0.340 e. The van der Waals surface area contributed by atoms with Crippen LogP contribution in [0.5, 0.6) is 5.75 Å². The van der Waals surface area contributed by atoms with Gasteiger partial charge in [-0.1, -0.05) is 18.2 Å². The minimum absolute atomic E-state index is 0.00339. The van der Waals surface area contributed by atoms with E-state index in [9.17, 15) is 13.2 Å². The molecule has 2 rings (SSSR count). The van der Waals surface area contributed by atoms with Crippen LogP contribution in [0.3, 0.4) is 0 Å². The molecule has 0 aromatic heterocycles. The van der Waals surface area contributed by atoms with Crippen molar-refractivity contribution in [3.8, 4) is 5.75 Å². The van der Waals surface area contributed by atoms with Gasteiger partial charge in [0.2, 0.25) is 0 Å². The van der Waals surface area contributed by atoms with Gasteiger partial charge in [-0.15, -0.1) is 0 Å². The van der Waals surface area contributed by atoms with Gasteiger partial charge >= 0.3 is 5.97 Å². The number of rotatable bonds is 6. The quantitative estimate of drug-likeness (QED) is 0.811. The Hall–Kier alpha value is -2.54. The molecule has 2 aromatic rings. The zero-order valence-corrected chi connectivity index (χ0v) is 14.5. The number of carbonyl (C=O) groups excluding carboxylic acids is 1. The van der Waals surface area contributed by atoms with Gasteiger partial charge in [0.25, 0.3) is 10.0 Å². The summed E-state index contributed by atoms with van der Waals surface area (Å²) >= 11 is 0. The smallest absolute Gasteiger partial charge is 0.340 e. The maximum absolute atomic E-state index is 12.7. The molecule has 0 amide bonds. The lowest BCUT2D eigenvalue weighted by Gasteiger charge is -2.14. The topological polar surface area (TPSA) is 81.7 Å². The first kappa shape index (κ1) is 17.8. The SMILES string of the molecule is CCOC(=O)c1ccccc1NS(=O)(=O)c1cc(C)ccc1OC. The van der Waals surface area contributed by atoms with Crippen molar-refractivity contribution in [1.82, 2.24) is 0 Å². The molecule has 0 heterocycles. The lowest BCUT2D eigenvalue weighted by atomic mass is 10.2. The first-order chi connectivity index (χ1) is 11.4. The number of nitrogens with one attached hydrogen (secondary N) is 1. The van der Waals surface area contributed by atoms with E-state index < -0.39 is 16.0 Å². The summed E-state index contributed by atoms with van der Waals surface area (Å²) in [6.45, 7) is 3.67. The number of benzene rings is 2. The highest BCUT2D eigenvalue weighted by atomic mass is 32.2. The second-order valence-corrected chi connectivity index (χ2v) is 6.68. The Labute approximate surface area is 141 Å². The van der Waals surface area contributed by atoms with Crippen molar-refractivity contribution >= 4 is 21.7 Å². The van der Waals surface area contributed by atoms with Gasteiger partial charge < -0.3 is 9.47 Å². The van der Waals surface area contributed by atoms with Gasteiger partial charge in [0.15, 0.2) is 0 Å². The highest BCUT2D eigenvalue weighted by molar-refractivity contribution is 7.92. The molecule has 0 unspecified atom stereocenters. The van der Waals surface area contributed by atoms with E-state index in [-0.39, 0.29) is 28.5 Å². The summed E-state index contributed by atoms with van der Waals surface area (Å²) in [5.74, 6) is -0.367. The summed E-state index contributed by atoms with van der Waals surface area (Å²) in [5, 5.41) is 0. The molecule has 0 atom stereocenters. The Kier molecular flexibility index (Phi) is 5.46. The molecule has 0 fully saturated rings. The monoisotopic (exact) mass is 349 g/mol. The normalized spacial score (nSPS) is 11.0. The molecule has 0 saturated carbocycles. The third kappa shape index (κ3) is 3.86. The van der Waals surface area contributed by atoms with Crippen LogP contribution >= 0.6 is 0 Å². The van der Waals surface area contributed by atoms with Crippen LogP contribution in [-0.4, -0.2) is 28.1 Å². The van der Waals surface area contributed by atoms with Gasteiger partial charge in [0.1, 0.15) is 10.6 Å². The molecular weight excluding hydrogens is 330 g/mol. The molecule has 2 aromatic carbocycles. The lowest BCUT2D eigenvalue weighted by Crippen LogP contribution is -2.17. The number of ether oxygens (including phenoxy) is 2. The summed E-state index contributed by atoms with van der Waals surface area (Å²) in [7, 11) is -2.53. The Bertz CT molecular complexity index is 846. The maximum atomic E-state index is 12.7. The molecule has 0 bridgehead atoms. The van der Waals surface area contributed by atoms with Crippen molar-refractivity contribution in [2.24, 2.45) is 0 Å². The van der Waals surface area contributed by atoms with Crippen molar-refractivity contribution in [3.63, 3.8) is 0 Å². The average Bonchev–Trinajstić information content (AvgIpc) is 2.55. The molecular formula is C17H19NO5S. The number of hydrogen-bond acceptors (Lipinski definition) is 5. The number of carbonyl (C=O) groups is 1. The van der Waals surface area contributed by atoms with E-state index in [1.165, 1.54) is 25.3 Å². The van der Waals surface area contributed by atoms with Crippen LogP contribution in [0, 0.1) is 6.92 Å². The van der Waals surface area contributed by atoms with Crippen LogP contribution < -0.4 is 9.46 Å². The summed E-state index contributed by atoms with van der Waals surface area (Å²) in [4.78, 5) is 12.0. The molecule has 0 aliphatic carbocycles. The second kappa shape index (κ2) is 7.35. The predicted octanol–water partition coefficient (Wildman–Crippen LogP) is 2.98. The zero-order chi connectivity index (χ0) is 17.7. The Morgan fingerprint density at radius 3 is 2.54 bits per heavy atom. The molecule has 6 nitrogen and oxygen atoms in total. The van der Waals surface area contributed by atoms with E-state index in [4.69, 9.17) is 9.47 Å². The fourth-order valence-electron chi connectivity index (χ4n) is 2.15. The minimum Gasteiger partial charge on any atom is -0.495 e. The van der Waals surface area contributed by atoms with Crippen molar-refractivity contribution in [3.05, 3.63) is 53.6 Å². The molecule has 0 radical (unpaired) electrons. The van der Waals surface area contributed by atoms with Gasteiger partial charge in [0, 0.05) is 0 Å². The highest BCUT2D eigenvalue weighted by Gasteiger charge is 2.22. The van der Waals surface area contributed by atoms with E-state index in [0.29, 0.717) is 0 Å². The Balaban J connectivity index is 2.44. The Morgan fingerprint density at radius 2 is 1.88 bits per heavy atom. The van der Waals surface area contributed by atoms with Gasteiger partial charge in [-0.2, -0.15) is 0 Å². The lowest BCUT2D eigenvalue weighted by molar-refractivity contribution is 0.0527. The molecule has 0 saturated heterocycles. The molecule has 1 N–H and O–H groups in total. The van der Waals surface area contributed by atoms with E-state index >= 15 is 0 Å². The molecule has 128 valence electrons. The van der Waals surface area contributed by atoms with Crippen LogP contribution in [0.15, 0.2) is 47.4 Å². The summed E-state index contributed by atoms with van der Waals surface area (Å²) in [5.41, 5.74) is 1.07. The van der Waals surface area contributed by atoms with Gasteiger partial charge in [0.05, 0.1) is 25.0 Å². The number of hydrogen-bond donors (Lipinski definition) is 1. The first-order valence-electron chi connectivity index (χ1n) is 7.32. The number of para-hydroxylation sites is 1. The summed E-state index contributed by atoms with van der Waals surface area (Å²) in [6.07, 6.45) is 0. The number of aryl methyl sites for hydroxylation is 1. The van der Waals surface area contributed by atoms with Crippen LogP contribution in [-0.2, 0) is 14.8 Å². The predicted molar refractivity (Wildman–Crippen MR) is 90.9 cm³/mol. The van der Waals surface area contributed by atoms with Crippen LogP contribution in [0.25, 0.3) is 0 Å². The van der Waals surface area contributed by atoms with Crippen molar-refractivity contribution in [2.45, 2.75) is 18.7 Å². The Morgan fingerprint density at radius 1 is 1.17 bits per heavy atom. The third-order valence-corrected chi connectivity index (χ3v) is 4.66. The zero-order valence-electron chi connectivity index (χ0n) is 13.7. The molecule has 0 aliphatic heterocycles. The van der Waals surface area contributed by atoms with E-state index in [2.05, 4.69) is 4.72 Å². The van der Waals surface area contributed by atoms with E-state index in [0.717, 1.165) is 5.56 Å². The van der Waals surface area contributed by atoms with Gasteiger partial charge in [-0.3, -0.25) is 4.72 Å². The number of methoxy groups -OCH3 is 1. The van der Waals surface area contributed by atoms with Gasteiger partial charge in [-0.05, 0) is 43.7 Å². The van der Waals surface area contributed by atoms with Crippen LogP contribution in [0.2, 0.25) is 0 Å². The second-order valence-electron chi connectivity index (χ2n) is 5.03. The minimum atomic E-state index is -3.93. The van der Waals surface area contributed by atoms with Crippen molar-refractivity contribution in [1.29, 1.82) is 0 Å². The fourth-order valence-corrected chi connectivity index (χ4v) is 3.49. The fraction of sp³-hybridized carbons (Fsp3) is 0.235. The summed E-state index contributed by atoms with van der Waals surface area (Å²) in [6, 6.07) is 11.1. The van der Waals surface area contributed by atoms with Crippen LogP contribution in [0.1, 0.15) is 22.8 Å². The summed E-state index contributed by atoms with van der Waals surface area (Å²) < 4.78 is 38.0. The van der Waals surface area contributed by atoms with E-state index in [1.807, 2.05) is 0 Å². The largest absolute Gasteiger partial charge is 0.495 e. The van der Waals surface area contributed by atoms with Crippen molar-refractivity contribution < 1.29 is 22.7 Å². The standard InChI is InChI=1S/C17H19NO5S/c1-4-23-17(19)13-7-5-6-8-14(13)18-24(20,21)16-11-12(2)9-10-15(16)22-3/h5-11,18H,4H2,1-3H3. The number of esters is 1. The first-order valence-corrected chi connectivity index (χ1v) is 8.81. The van der Waals surface area contributed by atoms with E-state index in [1.54, 1.807) is 38.1 Å². The van der Waals surface area contributed by atoms with Crippen LogP contribution in [0.4, 0.5) is 5.69 Å². The van der Waals surface area contributed by atoms with Crippen molar-refractivity contribution in [2.75, 3.05) is 18.4 Å². The van der Waals surface area contributed by atoms with Gasteiger partial charge in [-0.25, -0.2) is 13.2 Å². The number of anilines is 1. The highest BCUT2D eigenvalue weighted by Crippen LogP contribution is 2.28. The number of sulfonamides is 1.